The van der Waals surface area contributed by atoms with Gasteiger partial charge in [-0.25, -0.2) is 4.79 Å². The van der Waals surface area contributed by atoms with Gasteiger partial charge < -0.3 is 15.4 Å². The van der Waals surface area contributed by atoms with Crippen LogP contribution in [0, 0.1) is 0 Å². The average Bonchev–Trinajstić information content (AvgIpc) is 2.61. The number of para-hydroxylation sites is 1. The van der Waals surface area contributed by atoms with Crippen LogP contribution in [0.5, 0.6) is 0 Å². The monoisotopic (exact) mass is 340 g/mol. The summed E-state index contributed by atoms with van der Waals surface area (Å²) in [4.78, 5) is 12.3. The fraction of sp³-hybridized carbons (Fsp3) is 0.158. The summed E-state index contributed by atoms with van der Waals surface area (Å²) in [7, 11) is 0. The van der Waals surface area contributed by atoms with Gasteiger partial charge in [0.25, 0.3) is 0 Å². The summed E-state index contributed by atoms with van der Waals surface area (Å²) in [5.41, 5.74) is 1.88. The average molecular weight is 340 g/mol. The van der Waals surface area contributed by atoms with Crippen LogP contribution in [0.2, 0.25) is 0 Å². The standard InChI is InChI=1S/C19H20N2O2S/c1-2-13-23-18(22)17(14-15-9-5-3-6-10-15)21-19(24)20-16-11-7-4-8-12-16/h2-12,17H,1,13-14H2,(H2,20,21,24)/t17-/m0/s1. The largest absolute Gasteiger partial charge is 0.460 e. The highest BCUT2D eigenvalue weighted by molar-refractivity contribution is 7.80. The molecule has 0 aliphatic heterocycles. The van der Waals surface area contributed by atoms with Crippen LogP contribution in [0.3, 0.4) is 0 Å². The third-order valence-corrected chi connectivity index (χ3v) is 3.47. The zero-order chi connectivity index (χ0) is 17.2. The highest BCUT2D eigenvalue weighted by Crippen LogP contribution is 2.07. The number of carbonyl (C=O) groups is 1. The molecule has 2 aromatic carbocycles. The van der Waals surface area contributed by atoms with Gasteiger partial charge in [-0.1, -0.05) is 61.2 Å². The molecule has 24 heavy (non-hydrogen) atoms. The number of anilines is 1. The zero-order valence-electron chi connectivity index (χ0n) is 13.3. The number of thiocarbonyl (C=S) groups is 1. The van der Waals surface area contributed by atoms with Crippen molar-refractivity contribution in [1.82, 2.24) is 5.32 Å². The Bertz CT molecular complexity index is 674. The second-order valence-electron chi connectivity index (χ2n) is 5.13. The van der Waals surface area contributed by atoms with Crippen molar-refractivity contribution in [2.75, 3.05) is 11.9 Å². The number of hydrogen-bond acceptors (Lipinski definition) is 3. The maximum Gasteiger partial charge on any atom is 0.329 e. The molecule has 124 valence electrons. The molecule has 2 aromatic rings. The van der Waals surface area contributed by atoms with Crippen molar-refractivity contribution in [3.8, 4) is 0 Å². The summed E-state index contributed by atoms with van der Waals surface area (Å²) in [6.07, 6.45) is 2.02. The van der Waals surface area contributed by atoms with Crippen molar-refractivity contribution >= 4 is 29.0 Å². The minimum atomic E-state index is -0.573. The van der Waals surface area contributed by atoms with Gasteiger partial charge in [0.2, 0.25) is 0 Å². The molecule has 0 spiro atoms. The van der Waals surface area contributed by atoms with Gasteiger partial charge in [-0.3, -0.25) is 0 Å². The van der Waals surface area contributed by atoms with Gasteiger partial charge >= 0.3 is 5.97 Å². The summed E-state index contributed by atoms with van der Waals surface area (Å²) in [6, 6.07) is 18.7. The molecule has 1 atom stereocenters. The maximum atomic E-state index is 12.3. The first-order chi connectivity index (χ1) is 11.7. The quantitative estimate of drug-likeness (QED) is 0.460. The Hall–Kier alpha value is -2.66. The molecule has 0 bridgehead atoms. The number of rotatable bonds is 7. The lowest BCUT2D eigenvalue weighted by atomic mass is 10.1. The van der Waals surface area contributed by atoms with Gasteiger partial charge in [0.15, 0.2) is 5.11 Å². The molecule has 0 saturated carbocycles. The smallest absolute Gasteiger partial charge is 0.329 e. The van der Waals surface area contributed by atoms with Crippen molar-refractivity contribution in [2.45, 2.75) is 12.5 Å². The number of nitrogens with one attached hydrogen (secondary N) is 2. The van der Waals surface area contributed by atoms with Crippen molar-refractivity contribution in [1.29, 1.82) is 0 Å². The zero-order valence-corrected chi connectivity index (χ0v) is 14.1. The fourth-order valence-electron chi connectivity index (χ4n) is 2.13. The third kappa shape index (κ3) is 5.85. The highest BCUT2D eigenvalue weighted by atomic mass is 32.1. The molecular weight excluding hydrogens is 320 g/mol. The molecule has 0 saturated heterocycles. The van der Waals surface area contributed by atoms with Crippen LogP contribution in [0.4, 0.5) is 5.69 Å². The molecule has 0 amide bonds. The molecule has 4 nitrogen and oxygen atoms in total. The Morgan fingerprint density at radius 1 is 1.12 bits per heavy atom. The number of esters is 1. The Kier molecular flexibility index (Phi) is 6.98. The fourth-order valence-corrected chi connectivity index (χ4v) is 2.39. The van der Waals surface area contributed by atoms with Crippen LogP contribution in [0.15, 0.2) is 73.3 Å². The molecule has 2 N–H and O–H groups in total. The predicted octanol–water partition coefficient (Wildman–Crippen LogP) is 3.31. The topological polar surface area (TPSA) is 50.4 Å². The van der Waals surface area contributed by atoms with E-state index >= 15 is 0 Å². The normalized spacial score (nSPS) is 11.2. The van der Waals surface area contributed by atoms with E-state index in [9.17, 15) is 4.79 Å². The first-order valence-corrected chi connectivity index (χ1v) is 8.04. The van der Waals surface area contributed by atoms with Crippen molar-refractivity contribution in [2.24, 2.45) is 0 Å². The molecule has 0 fully saturated rings. The van der Waals surface area contributed by atoms with Crippen molar-refractivity contribution in [3.63, 3.8) is 0 Å². The first-order valence-electron chi connectivity index (χ1n) is 7.63. The van der Waals surface area contributed by atoms with E-state index in [1.165, 1.54) is 6.08 Å². The van der Waals surface area contributed by atoms with E-state index in [-0.39, 0.29) is 12.6 Å². The number of hydrogen-bond donors (Lipinski definition) is 2. The minimum absolute atomic E-state index is 0.171. The predicted molar refractivity (Wildman–Crippen MR) is 101 cm³/mol. The molecule has 0 aliphatic carbocycles. The third-order valence-electron chi connectivity index (χ3n) is 3.25. The highest BCUT2D eigenvalue weighted by Gasteiger charge is 2.21. The number of benzene rings is 2. The molecular formula is C19H20N2O2S. The first kappa shape index (κ1) is 17.7. The van der Waals surface area contributed by atoms with Gasteiger partial charge in [0.1, 0.15) is 12.6 Å². The number of carbonyl (C=O) groups excluding carboxylic acids is 1. The summed E-state index contributed by atoms with van der Waals surface area (Å²) in [5.74, 6) is -0.365. The van der Waals surface area contributed by atoms with Gasteiger partial charge in [-0.2, -0.15) is 0 Å². The summed E-state index contributed by atoms with van der Waals surface area (Å²) in [6.45, 7) is 3.73. The molecule has 0 unspecified atom stereocenters. The van der Waals surface area contributed by atoms with E-state index in [1.807, 2.05) is 60.7 Å². The van der Waals surface area contributed by atoms with E-state index < -0.39 is 6.04 Å². The minimum Gasteiger partial charge on any atom is -0.460 e. The number of ether oxygens (including phenoxy) is 1. The van der Waals surface area contributed by atoms with Crippen molar-refractivity contribution < 1.29 is 9.53 Å². The molecule has 0 radical (unpaired) electrons. The van der Waals surface area contributed by atoms with E-state index in [2.05, 4.69) is 17.2 Å². The van der Waals surface area contributed by atoms with Gasteiger partial charge in [-0.15, -0.1) is 0 Å². The molecule has 0 aromatic heterocycles. The van der Waals surface area contributed by atoms with Gasteiger partial charge in [0, 0.05) is 12.1 Å². The molecule has 2 rings (SSSR count). The van der Waals surface area contributed by atoms with Crippen LogP contribution >= 0.6 is 12.2 Å². The SMILES string of the molecule is C=CCOC(=O)[C@H](Cc1ccccc1)NC(=S)Nc1ccccc1. The van der Waals surface area contributed by atoms with Gasteiger partial charge in [-0.05, 0) is 29.9 Å². The summed E-state index contributed by atoms with van der Waals surface area (Å²) < 4.78 is 5.17. The summed E-state index contributed by atoms with van der Waals surface area (Å²) >= 11 is 5.31. The lowest BCUT2D eigenvalue weighted by Crippen LogP contribution is -2.45. The second-order valence-corrected chi connectivity index (χ2v) is 5.53. The van der Waals surface area contributed by atoms with E-state index in [1.54, 1.807) is 0 Å². The van der Waals surface area contributed by atoms with E-state index in [0.29, 0.717) is 11.5 Å². The second kappa shape index (κ2) is 9.47. The van der Waals surface area contributed by atoms with Crippen molar-refractivity contribution in [3.05, 3.63) is 78.9 Å². The van der Waals surface area contributed by atoms with E-state index in [4.69, 9.17) is 17.0 Å². The Labute approximate surface area is 147 Å². The Morgan fingerprint density at radius 3 is 2.38 bits per heavy atom. The Morgan fingerprint density at radius 2 is 1.75 bits per heavy atom. The maximum absolute atomic E-state index is 12.3. The lowest BCUT2D eigenvalue weighted by molar-refractivity contribution is -0.144. The lowest BCUT2D eigenvalue weighted by Gasteiger charge is -2.19. The Balaban J connectivity index is 2.02. The van der Waals surface area contributed by atoms with E-state index in [0.717, 1.165) is 11.3 Å². The summed E-state index contributed by atoms with van der Waals surface area (Å²) in [5, 5.41) is 6.47. The molecule has 0 aliphatic rings. The molecule has 5 heteroatoms. The van der Waals surface area contributed by atoms with Crippen LogP contribution in [0.1, 0.15) is 5.56 Å². The van der Waals surface area contributed by atoms with Crippen LogP contribution in [-0.4, -0.2) is 23.7 Å². The van der Waals surface area contributed by atoms with Crippen LogP contribution < -0.4 is 10.6 Å². The van der Waals surface area contributed by atoms with Crippen LogP contribution in [0.25, 0.3) is 0 Å². The van der Waals surface area contributed by atoms with Crippen LogP contribution in [-0.2, 0) is 16.0 Å². The van der Waals surface area contributed by atoms with Gasteiger partial charge in [0.05, 0.1) is 0 Å². The molecule has 0 heterocycles.